The fraction of sp³-hybridized carbons (Fsp3) is 0.381. The Morgan fingerprint density at radius 3 is 2.61 bits per heavy atom. The lowest BCUT2D eigenvalue weighted by Gasteiger charge is -2.10. The first kappa shape index (κ1) is 20.6. The summed E-state index contributed by atoms with van der Waals surface area (Å²) >= 11 is 3.19. The van der Waals surface area contributed by atoms with Crippen molar-refractivity contribution in [1.29, 1.82) is 0 Å². The predicted molar refractivity (Wildman–Crippen MR) is 118 cm³/mol. The molecule has 7 heteroatoms. The van der Waals surface area contributed by atoms with E-state index in [9.17, 15) is 4.79 Å². The van der Waals surface area contributed by atoms with Crippen LogP contribution in [0.15, 0.2) is 34.8 Å². The van der Waals surface area contributed by atoms with Crippen molar-refractivity contribution in [3.05, 3.63) is 45.6 Å². The topological polar surface area (TPSA) is 59.8 Å². The van der Waals surface area contributed by atoms with E-state index in [-0.39, 0.29) is 5.91 Å². The Kier molecular flexibility index (Phi) is 6.91. The van der Waals surface area contributed by atoms with Crippen LogP contribution in [0.25, 0.3) is 11.4 Å². The summed E-state index contributed by atoms with van der Waals surface area (Å²) in [6.45, 7) is 9.32. The van der Waals surface area contributed by atoms with Gasteiger partial charge in [0.25, 0.3) is 0 Å². The SMILES string of the molecule is CCCn1c(SCC(=O)Nc2ccc(C)cc2)nnc1-c1csc(C)c1CC. The fourth-order valence-corrected chi connectivity index (χ4v) is 4.79. The van der Waals surface area contributed by atoms with Gasteiger partial charge in [0.1, 0.15) is 0 Å². The molecule has 3 rings (SSSR count). The second kappa shape index (κ2) is 9.39. The Bertz CT molecular complexity index is 944. The van der Waals surface area contributed by atoms with Crippen LogP contribution in [0, 0.1) is 13.8 Å². The molecular weight excluding hydrogens is 388 g/mol. The highest BCUT2D eigenvalue weighted by atomic mass is 32.2. The van der Waals surface area contributed by atoms with Crippen molar-refractivity contribution in [2.24, 2.45) is 0 Å². The highest BCUT2D eigenvalue weighted by Crippen LogP contribution is 2.32. The molecule has 0 aliphatic rings. The number of thioether (sulfide) groups is 1. The quantitative estimate of drug-likeness (QED) is 0.506. The van der Waals surface area contributed by atoms with E-state index in [2.05, 4.69) is 46.2 Å². The fourth-order valence-electron chi connectivity index (χ4n) is 3.09. The van der Waals surface area contributed by atoms with Crippen LogP contribution >= 0.6 is 23.1 Å². The van der Waals surface area contributed by atoms with Crippen LogP contribution < -0.4 is 5.32 Å². The standard InChI is InChI=1S/C21H26N4OS2/c1-5-11-25-20(18-12-27-15(4)17(18)6-2)23-24-21(25)28-13-19(26)22-16-9-7-14(3)8-10-16/h7-10,12H,5-6,11,13H2,1-4H3,(H,22,26). The van der Waals surface area contributed by atoms with E-state index in [0.29, 0.717) is 5.75 Å². The molecule has 2 aromatic heterocycles. The van der Waals surface area contributed by atoms with Crippen LogP contribution in [-0.2, 0) is 17.8 Å². The minimum absolute atomic E-state index is 0.0397. The van der Waals surface area contributed by atoms with Gasteiger partial charge in [-0.05, 0) is 44.4 Å². The lowest BCUT2D eigenvalue weighted by atomic mass is 10.1. The summed E-state index contributed by atoms with van der Waals surface area (Å²) in [5.41, 5.74) is 4.49. The second-order valence-corrected chi connectivity index (χ2v) is 8.72. The van der Waals surface area contributed by atoms with Gasteiger partial charge in [-0.15, -0.1) is 21.5 Å². The highest BCUT2D eigenvalue weighted by Gasteiger charge is 2.19. The van der Waals surface area contributed by atoms with Gasteiger partial charge in [-0.1, -0.05) is 43.3 Å². The first-order valence-electron chi connectivity index (χ1n) is 9.53. The Morgan fingerprint density at radius 1 is 1.18 bits per heavy atom. The molecule has 0 aliphatic heterocycles. The van der Waals surface area contributed by atoms with E-state index in [1.807, 2.05) is 31.2 Å². The number of nitrogens with zero attached hydrogens (tertiary/aromatic N) is 3. The van der Waals surface area contributed by atoms with Gasteiger partial charge >= 0.3 is 0 Å². The summed E-state index contributed by atoms with van der Waals surface area (Å²) in [7, 11) is 0. The van der Waals surface area contributed by atoms with Gasteiger partial charge in [0.2, 0.25) is 5.91 Å². The summed E-state index contributed by atoms with van der Waals surface area (Å²) in [6.07, 6.45) is 1.96. The number of carbonyl (C=O) groups is 1. The zero-order chi connectivity index (χ0) is 20.1. The average molecular weight is 415 g/mol. The third-order valence-corrected chi connectivity index (χ3v) is 6.45. The van der Waals surface area contributed by atoms with Crippen LogP contribution in [0.5, 0.6) is 0 Å². The molecule has 1 aromatic carbocycles. The molecule has 0 spiro atoms. The number of hydrogen-bond acceptors (Lipinski definition) is 5. The number of rotatable bonds is 8. The van der Waals surface area contributed by atoms with Gasteiger partial charge in [0.05, 0.1) is 5.75 Å². The van der Waals surface area contributed by atoms with Gasteiger partial charge in [-0.2, -0.15) is 0 Å². The van der Waals surface area contributed by atoms with E-state index >= 15 is 0 Å². The third kappa shape index (κ3) is 4.64. The maximum atomic E-state index is 12.3. The monoisotopic (exact) mass is 414 g/mol. The second-order valence-electron chi connectivity index (χ2n) is 6.70. The first-order valence-corrected chi connectivity index (χ1v) is 11.4. The molecule has 3 aromatic rings. The molecular formula is C21H26N4OS2. The van der Waals surface area contributed by atoms with Gasteiger partial charge in [-0.25, -0.2) is 0 Å². The van der Waals surface area contributed by atoms with Crippen molar-refractivity contribution in [2.45, 2.75) is 52.2 Å². The third-order valence-electron chi connectivity index (χ3n) is 4.53. The molecule has 0 bridgehead atoms. The number of benzene rings is 1. The maximum Gasteiger partial charge on any atom is 0.234 e. The van der Waals surface area contributed by atoms with Crippen molar-refractivity contribution in [3.8, 4) is 11.4 Å². The number of carbonyl (C=O) groups excluding carboxylic acids is 1. The number of aryl methyl sites for hydroxylation is 2. The average Bonchev–Trinajstić information content (AvgIpc) is 3.25. The van der Waals surface area contributed by atoms with Crippen molar-refractivity contribution < 1.29 is 4.79 Å². The zero-order valence-corrected chi connectivity index (χ0v) is 18.4. The lowest BCUT2D eigenvalue weighted by molar-refractivity contribution is -0.113. The molecule has 0 radical (unpaired) electrons. The molecule has 0 fully saturated rings. The van der Waals surface area contributed by atoms with E-state index in [1.54, 1.807) is 11.3 Å². The van der Waals surface area contributed by atoms with E-state index in [4.69, 9.17) is 0 Å². The summed E-state index contributed by atoms with van der Waals surface area (Å²) in [5, 5.41) is 14.8. The summed E-state index contributed by atoms with van der Waals surface area (Å²) in [5.74, 6) is 1.17. The first-order chi connectivity index (χ1) is 13.5. The Hall–Kier alpha value is -2.12. The van der Waals surface area contributed by atoms with E-state index in [0.717, 1.165) is 36.1 Å². The molecule has 0 atom stereocenters. The Morgan fingerprint density at radius 2 is 1.93 bits per heavy atom. The van der Waals surface area contributed by atoms with Gasteiger partial charge in [0, 0.05) is 28.1 Å². The molecule has 5 nitrogen and oxygen atoms in total. The summed E-state index contributed by atoms with van der Waals surface area (Å²) in [4.78, 5) is 13.7. The van der Waals surface area contributed by atoms with Crippen molar-refractivity contribution in [2.75, 3.05) is 11.1 Å². The van der Waals surface area contributed by atoms with Gasteiger partial charge < -0.3 is 9.88 Å². The molecule has 1 N–H and O–H groups in total. The number of thiophene rings is 1. The maximum absolute atomic E-state index is 12.3. The molecule has 1 amide bonds. The number of aromatic nitrogens is 3. The molecule has 2 heterocycles. The van der Waals surface area contributed by atoms with Crippen LogP contribution in [0.1, 0.15) is 36.3 Å². The largest absolute Gasteiger partial charge is 0.325 e. The zero-order valence-electron chi connectivity index (χ0n) is 16.8. The minimum atomic E-state index is -0.0397. The number of nitrogens with one attached hydrogen (secondary N) is 1. The van der Waals surface area contributed by atoms with Crippen molar-refractivity contribution in [1.82, 2.24) is 14.8 Å². The molecule has 0 saturated heterocycles. The lowest BCUT2D eigenvalue weighted by Crippen LogP contribution is -2.14. The van der Waals surface area contributed by atoms with Crippen LogP contribution in [0.3, 0.4) is 0 Å². The van der Waals surface area contributed by atoms with E-state index in [1.165, 1.54) is 33.3 Å². The van der Waals surface area contributed by atoms with Gasteiger partial charge in [0.15, 0.2) is 11.0 Å². The summed E-state index contributed by atoms with van der Waals surface area (Å²) in [6, 6.07) is 7.81. The number of anilines is 1. The molecule has 0 unspecified atom stereocenters. The van der Waals surface area contributed by atoms with Gasteiger partial charge in [-0.3, -0.25) is 4.79 Å². The van der Waals surface area contributed by atoms with Crippen molar-refractivity contribution in [3.63, 3.8) is 0 Å². The van der Waals surface area contributed by atoms with E-state index < -0.39 is 0 Å². The molecule has 28 heavy (non-hydrogen) atoms. The van der Waals surface area contributed by atoms with Crippen LogP contribution in [-0.4, -0.2) is 26.4 Å². The molecule has 0 aliphatic carbocycles. The minimum Gasteiger partial charge on any atom is -0.325 e. The smallest absolute Gasteiger partial charge is 0.234 e. The molecule has 148 valence electrons. The normalized spacial score (nSPS) is 11.0. The Balaban J connectivity index is 1.74. The molecule has 0 saturated carbocycles. The number of hydrogen-bond donors (Lipinski definition) is 1. The Labute approximate surface area is 174 Å². The summed E-state index contributed by atoms with van der Waals surface area (Å²) < 4.78 is 2.14. The predicted octanol–water partition coefficient (Wildman–Crippen LogP) is 5.33. The highest BCUT2D eigenvalue weighted by molar-refractivity contribution is 7.99. The van der Waals surface area contributed by atoms with Crippen molar-refractivity contribution >= 4 is 34.7 Å². The van der Waals surface area contributed by atoms with Crippen LogP contribution in [0.2, 0.25) is 0 Å². The number of amides is 1. The van der Waals surface area contributed by atoms with Crippen LogP contribution in [0.4, 0.5) is 5.69 Å².